The highest BCUT2D eigenvalue weighted by Crippen LogP contribution is 2.34. The lowest BCUT2D eigenvalue weighted by Crippen LogP contribution is -2.53. The van der Waals surface area contributed by atoms with Crippen molar-refractivity contribution in [3.05, 3.63) is 35.9 Å². The molecular formula is C17H21NO4. The minimum absolute atomic E-state index is 0.0476. The molecule has 0 radical (unpaired) electrons. The Morgan fingerprint density at radius 3 is 2.73 bits per heavy atom. The molecule has 4 unspecified atom stereocenters. The van der Waals surface area contributed by atoms with Crippen molar-refractivity contribution in [2.24, 2.45) is 5.92 Å². The highest BCUT2D eigenvalue weighted by molar-refractivity contribution is 5.89. The summed E-state index contributed by atoms with van der Waals surface area (Å²) in [6.07, 6.45) is 2.19. The SMILES string of the molecule is CCOC(=O)C1C2CCC(CC1OC(=O)c1ccccc1)N2. The van der Waals surface area contributed by atoms with Crippen molar-refractivity contribution in [2.75, 3.05) is 6.61 Å². The first-order chi connectivity index (χ1) is 10.7. The van der Waals surface area contributed by atoms with Gasteiger partial charge in [0.2, 0.25) is 0 Å². The van der Waals surface area contributed by atoms with Gasteiger partial charge < -0.3 is 14.8 Å². The van der Waals surface area contributed by atoms with Crippen LogP contribution >= 0.6 is 0 Å². The fraction of sp³-hybridized carbons (Fsp3) is 0.529. The highest BCUT2D eigenvalue weighted by atomic mass is 16.6. The van der Waals surface area contributed by atoms with Crippen LogP contribution in [-0.2, 0) is 14.3 Å². The number of carbonyl (C=O) groups excluding carboxylic acids is 2. The molecule has 2 heterocycles. The van der Waals surface area contributed by atoms with Crippen LogP contribution in [0.4, 0.5) is 0 Å². The zero-order valence-corrected chi connectivity index (χ0v) is 12.7. The Morgan fingerprint density at radius 1 is 1.23 bits per heavy atom. The first-order valence-corrected chi connectivity index (χ1v) is 7.87. The fourth-order valence-electron chi connectivity index (χ4n) is 3.46. The molecule has 0 amide bonds. The average molecular weight is 303 g/mol. The van der Waals surface area contributed by atoms with E-state index >= 15 is 0 Å². The minimum Gasteiger partial charge on any atom is -0.466 e. The summed E-state index contributed by atoms with van der Waals surface area (Å²) < 4.78 is 10.8. The molecular weight excluding hydrogens is 282 g/mol. The van der Waals surface area contributed by atoms with Crippen molar-refractivity contribution in [1.82, 2.24) is 5.32 Å². The Kier molecular flexibility index (Phi) is 4.43. The molecule has 118 valence electrons. The molecule has 2 aliphatic heterocycles. The summed E-state index contributed by atoms with van der Waals surface area (Å²) in [6, 6.07) is 9.25. The number of hydrogen-bond acceptors (Lipinski definition) is 5. The summed E-state index contributed by atoms with van der Waals surface area (Å²) in [6.45, 7) is 2.13. The number of benzene rings is 1. The highest BCUT2D eigenvalue weighted by Gasteiger charge is 2.47. The third-order valence-corrected chi connectivity index (χ3v) is 4.45. The molecule has 1 aromatic rings. The minimum atomic E-state index is -0.412. The van der Waals surface area contributed by atoms with Crippen molar-refractivity contribution < 1.29 is 19.1 Å². The first-order valence-electron chi connectivity index (χ1n) is 7.87. The topological polar surface area (TPSA) is 64.6 Å². The first kappa shape index (κ1) is 15.0. The summed E-state index contributed by atoms with van der Waals surface area (Å²) in [5.74, 6) is -1.06. The zero-order valence-electron chi connectivity index (χ0n) is 12.7. The van der Waals surface area contributed by atoms with Crippen molar-refractivity contribution in [1.29, 1.82) is 0 Å². The van der Waals surface area contributed by atoms with Gasteiger partial charge in [0.15, 0.2) is 0 Å². The number of hydrogen-bond donors (Lipinski definition) is 1. The molecule has 5 nitrogen and oxygen atoms in total. The van der Waals surface area contributed by atoms with Gasteiger partial charge in [0, 0.05) is 18.5 Å². The van der Waals surface area contributed by atoms with Crippen LogP contribution in [0.25, 0.3) is 0 Å². The maximum Gasteiger partial charge on any atom is 0.338 e. The molecule has 2 saturated heterocycles. The fourth-order valence-corrected chi connectivity index (χ4v) is 3.46. The van der Waals surface area contributed by atoms with Gasteiger partial charge in [-0.05, 0) is 31.9 Å². The van der Waals surface area contributed by atoms with Crippen LogP contribution in [0.3, 0.4) is 0 Å². The summed E-state index contributed by atoms with van der Waals surface area (Å²) in [5.41, 5.74) is 0.510. The second kappa shape index (κ2) is 6.48. The molecule has 1 aromatic carbocycles. The van der Waals surface area contributed by atoms with Gasteiger partial charge in [-0.1, -0.05) is 18.2 Å². The summed E-state index contributed by atoms with van der Waals surface area (Å²) in [4.78, 5) is 24.5. The summed E-state index contributed by atoms with van der Waals surface area (Å²) >= 11 is 0. The van der Waals surface area contributed by atoms with Gasteiger partial charge in [-0.15, -0.1) is 0 Å². The van der Waals surface area contributed by atoms with E-state index in [1.54, 1.807) is 31.2 Å². The summed E-state index contributed by atoms with van der Waals surface area (Å²) in [5, 5.41) is 3.43. The lowest BCUT2D eigenvalue weighted by Gasteiger charge is -2.35. The van der Waals surface area contributed by atoms with Crippen LogP contribution in [0.15, 0.2) is 30.3 Å². The molecule has 0 aromatic heterocycles. The van der Waals surface area contributed by atoms with E-state index in [0.29, 0.717) is 24.6 Å². The van der Waals surface area contributed by atoms with E-state index in [1.807, 2.05) is 6.07 Å². The van der Waals surface area contributed by atoms with Crippen molar-refractivity contribution in [3.8, 4) is 0 Å². The van der Waals surface area contributed by atoms with E-state index in [2.05, 4.69) is 5.32 Å². The van der Waals surface area contributed by atoms with Crippen LogP contribution < -0.4 is 5.32 Å². The normalized spacial score (nSPS) is 29.9. The van der Waals surface area contributed by atoms with Crippen LogP contribution in [0.5, 0.6) is 0 Å². The number of rotatable bonds is 4. The molecule has 2 fully saturated rings. The van der Waals surface area contributed by atoms with Gasteiger partial charge in [0.05, 0.1) is 12.2 Å². The Hall–Kier alpha value is -1.88. The van der Waals surface area contributed by atoms with E-state index in [4.69, 9.17) is 9.47 Å². The Morgan fingerprint density at radius 2 is 2.00 bits per heavy atom. The van der Waals surface area contributed by atoms with E-state index in [9.17, 15) is 9.59 Å². The van der Waals surface area contributed by atoms with Gasteiger partial charge >= 0.3 is 11.9 Å². The largest absolute Gasteiger partial charge is 0.466 e. The van der Waals surface area contributed by atoms with Crippen LogP contribution in [0.1, 0.15) is 36.5 Å². The third kappa shape index (κ3) is 2.99. The Bertz CT molecular complexity index is 545. The predicted molar refractivity (Wildman–Crippen MR) is 80.3 cm³/mol. The molecule has 3 rings (SSSR count). The van der Waals surface area contributed by atoms with Crippen LogP contribution in [-0.4, -0.2) is 36.7 Å². The summed E-state index contributed by atoms with van der Waals surface area (Å²) in [7, 11) is 0. The van der Waals surface area contributed by atoms with Gasteiger partial charge in [0.1, 0.15) is 12.0 Å². The van der Waals surface area contributed by atoms with E-state index < -0.39 is 12.0 Å². The molecule has 4 atom stereocenters. The molecule has 2 aliphatic rings. The van der Waals surface area contributed by atoms with E-state index in [1.165, 1.54) is 0 Å². The monoisotopic (exact) mass is 303 g/mol. The maximum absolute atomic E-state index is 12.3. The lowest BCUT2D eigenvalue weighted by atomic mass is 9.89. The molecule has 1 N–H and O–H groups in total. The average Bonchev–Trinajstić information content (AvgIpc) is 2.90. The number of carbonyl (C=O) groups is 2. The second-order valence-corrected chi connectivity index (χ2v) is 5.87. The molecule has 2 bridgehead atoms. The smallest absolute Gasteiger partial charge is 0.338 e. The van der Waals surface area contributed by atoms with Gasteiger partial charge in [0.25, 0.3) is 0 Å². The van der Waals surface area contributed by atoms with Crippen molar-refractivity contribution in [3.63, 3.8) is 0 Å². The number of ether oxygens (including phenoxy) is 2. The number of nitrogens with one attached hydrogen (secondary N) is 1. The molecule has 22 heavy (non-hydrogen) atoms. The second-order valence-electron chi connectivity index (χ2n) is 5.87. The van der Waals surface area contributed by atoms with Gasteiger partial charge in [-0.3, -0.25) is 4.79 Å². The quantitative estimate of drug-likeness (QED) is 0.861. The zero-order chi connectivity index (χ0) is 15.5. The maximum atomic E-state index is 12.3. The predicted octanol–water partition coefficient (Wildman–Crippen LogP) is 1.92. The Labute approximate surface area is 130 Å². The number of piperidine rings is 1. The number of esters is 2. The molecule has 0 spiro atoms. The van der Waals surface area contributed by atoms with Crippen LogP contribution in [0.2, 0.25) is 0 Å². The van der Waals surface area contributed by atoms with Gasteiger partial charge in [-0.25, -0.2) is 4.79 Å². The molecule has 5 heteroatoms. The number of fused-ring (bicyclic) bond motifs is 2. The van der Waals surface area contributed by atoms with E-state index in [-0.39, 0.29) is 18.0 Å². The van der Waals surface area contributed by atoms with Crippen LogP contribution in [0, 0.1) is 5.92 Å². The standard InChI is InChI=1S/C17H21NO4/c1-2-21-17(20)15-13-9-8-12(18-13)10-14(15)22-16(19)11-6-4-3-5-7-11/h3-7,12-15,18H,2,8-10H2,1H3. The third-order valence-electron chi connectivity index (χ3n) is 4.45. The lowest BCUT2D eigenvalue weighted by molar-refractivity contribution is -0.155. The van der Waals surface area contributed by atoms with E-state index in [0.717, 1.165) is 12.8 Å². The Balaban J connectivity index is 1.75. The van der Waals surface area contributed by atoms with Crippen molar-refractivity contribution >= 4 is 11.9 Å². The van der Waals surface area contributed by atoms with Crippen molar-refractivity contribution in [2.45, 2.75) is 44.4 Å². The van der Waals surface area contributed by atoms with Gasteiger partial charge in [-0.2, -0.15) is 0 Å². The molecule has 0 saturated carbocycles. The molecule has 0 aliphatic carbocycles.